The van der Waals surface area contributed by atoms with E-state index in [1.807, 2.05) is 62.4 Å². The van der Waals surface area contributed by atoms with Crippen LogP contribution in [0.5, 0.6) is 11.5 Å². The third-order valence-corrected chi connectivity index (χ3v) is 3.67. The predicted molar refractivity (Wildman–Crippen MR) is 92.3 cm³/mol. The summed E-state index contributed by atoms with van der Waals surface area (Å²) in [6, 6.07) is 22.2. The lowest BCUT2D eigenvalue weighted by atomic mass is 10.0. The first kappa shape index (κ1) is 14.2. The molecule has 3 aromatic rings. The highest BCUT2D eigenvalue weighted by Crippen LogP contribution is 2.36. The van der Waals surface area contributed by atoms with Crippen molar-refractivity contribution in [2.75, 3.05) is 5.73 Å². The number of para-hydroxylation sites is 1. The van der Waals surface area contributed by atoms with Crippen molar-refractivity contribution in [2.45, 2.75) is 13.8 Å². The van der Waals surface area contributed by atoms with E-state index >= 15 is 0 Å². The second-order valence-electron chi connectivity index (χ2n) is 5.45. The maximum Gasteiger partial charge on any atom is 0.135 e. The standard InChI is InChI=1S/C20H19NO/c1-14-12-17(21)13-15(2)20(14)22-19-11-7-6-10-18(19)16-8-4-3-5-9-16/h3-13H,21H2,1-2H3. The number of hydrogen-bond donors (Lipinski definition) is 1. The number of benzene rings is 3. The second-order valence-corrected chi connectivity index (χ2v) is 5.45. The quantitative estimate of drug-likeness (QED) is 0.660. The summed E-state index contributed by atoms with van der Waals surface area (Å²) in [7, 11) is 0. The van der Waals surface area contributed by atoms with Crippen LogP contribution >= 0.6 is 0 Å². The fraction of sp³-hybridized carbons (Fsp3) is 0.100. The van der Waals surface area contributed by atoms with Crippen LogP contribution in [0, 0.1) is 13.8 Å². The number of nitrogen functional groups attached to an aromatic ring is 1. The van der Waals surface area contributed by atoms with Gasteiger partial charge in [0.15, 0.2) is 0 Å². The molecular weight excluding hydrogens is 270 g/mol. The third-order valence-electron chi connectivity index (χ3n) is 3.67. The summed E-state index contributed by atoms with van der Waals surface area (Å²) in [6.45, 7) is 4.04. The number of nitrogens with two attached hydrogens (primary N) is 1. The van der Waals surface area contributed by atoms with Crippen molar-refractivity contribution in [3.63, 3.8) is 0 Å². The molecule has 0 aliphatic rings. The molecule has 110 valence electrons. The summed E-state index contributed by atoms with van der Waals surface area (Å²) in [5.41, 5.74) is 11.0. The van der Waals surface area contributed by atoms with Crippen molar-refractivity contribution >= 4 is 5.69 Å². The molecule has 0 spiro atoms. The molecule has 0 heterocycles. The van der Waals surface area contributed by atoms with Crippen molar-refractivity contribution in [3.8, 4) is 22.6 Å². The first-order valence-corrected chi connectivity index (χ1v) is 7.34. The van der Waals surface area contributed by atoms with Crippen LogP contribution in [0.25, 0.3) is 11.1 Å². The van der Waals surface area contributed by atoms with Gasteiger partial charge in [0.2, 0.25) is 0 Å². The molecule has 2 heteroatoms. The van der Waals surface area contributed by atoms with Crippen molar-refractivity contribution < 1.29 is 4.74 Å². The van der Waals surface area contributed by atoms with E-state index in [1.54, 1.807) is 0 Å². The molecule has 0 saturated carbocycles. The minimum Gasteiger partial charge on any atom is -0.456 e. The highest BCUT2D eigenvalue weighted by molar-refractivity contribution is 5.71. The van der Waals surface area contributed by atoms with Crippen LogP contribution in [0.1, 0.15) is 11.1 Å². The van der Waals surface area contributed by atoms with E-state index in [-0.39, 0.29) is 0 Å². The van der Waals surface area contributed by atoms with E-state index in [4.69, 9.17) is 10.5 Å². The summed E-state index contributed by atoms with van der Waals surface area (Å²) in [5, 5.41) is 0. The van der Waals surface area contributed by atoms with Gasteiger partial charge in [-0.1, -0.05) is 48.5 Å². The van der Waals surface area contributed by atoms with Gasteiger partial charge in [0.1, 0.15) is 11.5 Å². The largest absolute Gasteiger partial charge is 0.456 e. The Kier molecular flexibility index (Phi) is 3.84. The summed E-state index contributed by atoms with van der Waals surface area (Å²) in [5.74, 6) is 1.72. The Hall–Kier alpha value is -2.74. The lowest BCUT2D eigenvalue weighted by Crippen LogP contribution is -1.95. The molecule has 0 bridgehead atoms. The smallest absolute Gasteiger partial charge is 0.135 e. The molecule has 0 aliphatic carbocycles. The normalized spacial score (nSPS) is 10.5. The van der Waals surface area contributed by atoms with E-state index in [0.29, 0.717) is 0 Å². The Bertz CT molecular complexity index is 771. The third kappa shape index (κ3) is 2.82. The van der Waals surface area contributed by atoms with Crippen molar-refractivity contribution in [2.24, 2.45) is 0 Å². The highest BCUT2D eigenvalue weighted by atomic mass is 16.5. The number of hydrogen-bond acceptors (Lipinski definition) is 2. The highest BCUT2D eigenvalue weighted by Gasteiger charge is 2.10. The Morgan fingerprint density at radius 2 is 1.36 bits per heavy atom. The summed E-state index contributed by atoms with van der Waals surface area (Å²) in [6.07, 6.45) is 0. The molecule has 0 fully saturated rings. The van der Waals surface area contributed by atoms with Gasteiger partial charge in [-0.05, 0) is 48.7 Å². The monoisotopic (exact) mass is 289 g/mol. The molecular formula is C20H19NO. The van der Waals surface area contributed by atoms with Gasteiger partial charge in [-0.25, -0.2) is 0 Å². The Morgan fingerprint density at radius 1 is 0.773 bits per heavy atom. The van der Waals surface area contributed by atoms with E-state index in [1.165, 1.54) is 0 Å². The Balaban J connectivity index is 2.04. The van der Waals surface area contributed by atoms with Gasteiger partial charge in [0, 0.05) is 11.3 Å². The van der Waals surface area contributed by atoms with Crippen molar-refractivity contribution in [3.05, 3.63) is 77.9 Å². The molecule has 3 aromatic carbocycles. The van der Waals surface area contributed by atoms with Gasteiger partial charge in [-0.15, -0.1) is 0 Å². The molecule has 0 aromatic heterocycles. The van der Waals surface area contributed by atoms with Crippen LogP contribution in [-0.4, -0.2) is 0 Å². The molecule has 2 nitrogen and oxygen atoms in total. The van der Waals surface area contributed by atoms with Crippen LogP contribution in [0.15, 0.2) is 66.7 Å². The van der Waals surface area contributed by atoms with Gasteiger partial charge < -0.3 is 10.5 Å². The molecule has 3 rings (SSSR count). The zero-order valence-corrected chi connectivity index (χ0v) is 12.8. The van der Waals surface area contributed by atoms with E-state index < -0.39 is 0 Å². The number of aryl methyl sites for hydroxylation is 2. The lowest BCUT2D eigenvalue weighted by molar-refractivity contribution is 0.477. The number of rotatable bonds is 3. The maximum absolute atomic E-state index is 6.22. The predicted octanol–water partition coefficient (Wildman–Crippen LogP) is 5.34. The first-order chi connectivity index (χ1) is 10.6. The topological polar surface area (TPSA) is 35.2 Å². The van der Waals surface area contributed by atoms with Crippen LogP contribution in [0.3, 0.4) is 0 Å². The molecule has 0 radical (unpaired) electrons. The summed E-state index contributed by atoms with van der Waals surface area (Å²) < 4.78 is 6.22. The van der Waals surface area contributed by atoms with Gasteiger partial charge in [0.25, 0.3) is 0 Å². The van der Waals surface area contributed by atoms with Gasteiger partial charge >= 0.3 is 0 Å². The Labute approximate surface area is 131 Å². The zero-order valence-electron chi connectivity index (χ0n) is 12.8. The minimum atomic E-state index is 0.763. The molecule has 0 atom stereocenters. The van der Waals surface area contributed by atoms with Gasteiger partial charge in [-0.3, -0.25) is 0 Å². The van der Waals surface area contributed by atoms with Gasteiger partial charge in [0.05, 0.1) is 0 Å². The minimum absolute atomic E-state index is 0.763. The average molecular weight is 289 g/mol. The summed E-state index contributed by atoms with van der Waals surface area (Å²) in [4.78, 5) is 0. The van der Waals surface area contributed by atoms with E-state index in [2.05, 4.69) is 18.2 Å². The van der Waals surface area contributed by atoms with Crippen LogP contribution < -0.4 is 10.5 Å². The lowest BCUT2D eigenvalue weighted by Gasteiger charge is -2.15. The number of anilines is 1. The SMILES string of the molecule is Cc1cc(N)cc(C)c1Oc1ccccc1-c1ccccc1. The molecule has 2 N–H and O–H groups in total. The molecule has 0 saturated heterocycles. The zero-order chi connectivity index (χ0) is 15.5. The average Bonchev–Trinajstić information content (AvgIpc) is 2.52. The van der Waals surface area contributed by atoms with E-state index in [0.717, 1.165) is 39.4 Å². The first-order valence-electron chi connectivity index (χ1n) is 7.34. The van der Waals surface area contributed by atoms with Crippen molar-refractivity contribution in [1.29, 1.82) is 0 Å². The second kappa shape index (κ2) is 5.94. The van der Waals surface area contributed by atoms with Crippen molar-refractivity contribution in [1.82, 2.24) is 0 Å². The van der Waals surface area contributed by atoms with Crippen LogP contribution in [-0.2, 0) is 0 Å². The molecule has 0 unspecified atom stereocenters. The van der Waals surface area contributed by atoms with Crippen LogP contribution in [0.4, 0.5) is 5.69 Å². The molecule has 22 heavy (non-hydrogen) atoms. The fourth-order valence-corrected chi connectivity index (χ4v) is 2.67. The van der Waals surface area contributed by atoms with Gasteiger partial charge in [-0.2, -0.15) is 0 Å². The fourth-order valence-electron chi connectivity index (χ4n) is 2.67. The maximum atomic E-state index is 6.22. The summed E-state index contributed by atoms with van der Waals surface area (Å²) >= 11 is 0. The van der Waals surface area contributed by atoms with E-state index in [9.17, 15) is 0 Å². The van der Waals surface area contributed by atoms with Crippen LogP contribution in [0.2, 0.25) is 0 Å². The molecule has 0 aliphatic heterocycles. The Morgan fingerprint density at radius 3 is 2.05 bits per heavy atom. The molecule has 0 amide bonds. The number of ether oxygens (including phenoxy) is 1.